The predicted octanol–water partition coefficient (Wildman–Crippen LogP) is 3.40. The van der Waals surface area contributed by atoms with Gasteiger partial charge in [0.25, 0.3) is 0 Å². The SMILES string of the molecule is Cc1ccc(CNC(=O)N(C)CCC[C@H]2CCCO2)c(C)c1. The van der Waals surface area contributed by atoms with Crippen molar-refractivity contribution >= 4 is 6.03 Å². The highest BCUT2D eigenvalue weighted by molar-refractivity contribution is 5.73. The number of rotatable bonds is 6. The first-order valence-electron chi connectivity index (χ1n) is 8.23. The van der Waals surface area contributed by atoms with Crippen molar-refractivity contribution in [3.8, 4) is 0 Å². The highest BCUT2D eigenvalue weighted by Gasteiger charge is 2.16. The Kier molecular flexibility index (Phi) is 6.25. The lowest BCUT2D eigenvalue weighted by atomic mass is 10.1. The van der Waals surface area contributed by atoms with E-state index >= 15 is 0 Å². The number of ether oxygens (including phenoxy) is 1. The van der Waals surface area contributed by atoms with Crippen LogP contribution < -0.4 is 5.32 Å². The van der Waals surface area contributed by atoms with Crippen LogP contribution in [-0.4, -0.2) is 37.2 Å². The Bertz CT molecular complexity index is 496. The summed E-state index contributed by atoms with van der Waals surface area (Å²) in [4.78, 5) is 13.9. The largest absolute Gasteiger partial charge is 0.378 e. The lowest BCUT2D eigenvalue weighted by molar-refractivity contribution is 0.100. The number of urea groups is 1. The molecule has 0 radical (unpaired) electrons. The summed E-state index contributed by atoms with van der Waals surface area (Å²) in [7, 11) is 1.85. The van der Waals surface area contributed by atoms with E-state index in [1.165, 1.54) is 29.5 Å². The minimum absolute atomic E-state index is 0.00712. The number of carbonyl (C=O) groups excluding carboxylic acids is 1. The van der Waals surface area contributed by atoms with Gasteiger partial charge in [-0.1, -0.05) is 23.8 Å². The van der Waals surface area contributed by atoms with Crippen LogP contribution in [0.2, 0.25) is 0 Å². The fourth-order valence-electron chi connectivity index (χ4n) is 2.88. The number of amides is 2. The Morgan fingerprint density at radius 2 is 2.23 bits per heavy atom. The first-order chi connectivity index (χ1) is 10.6. The van der Waals surface area contributed by atoms with E-state index in [1.807, 2.05) is 7.05 Å². The Morgan fingerprint density at radius 1 is 1.41 bits per heavy atom. The number of hydrogen-bond acceptors (Lipinski definition) is 2. The van der Waals surface area contributed by atoms with Crippen molar-refractivity contribution in [3.63, 3.8) is 0 Å². The first-order valence-corrected chi connectivity index (χ1v) is 8.23. The number of benzene rings is 1. The fourth-order valence-corrected chi connectivity index (χ4v) is 2.88. The van der Waals surface area contributed by atoms with Gasteiger partial charge >= 0.3 is 6.03 Å². The van der Waals surface area contributed by atoms with Crippen molar-refractivity contribution in [1.29, 1.82) is 0 Å². The van der Waals surface area contributed by atoms with Crippen molar-refractivity contribution in [2.24, 2.45) is 0 Å². The topological polar surface area (TPSA) is 41.6 Å². The molecule has 1 heterocycles. The molecular weight excluding hydrogens is 276 g/mol. The summed E-state index contributed by atoms with van der Waals surface area (Å²) in [6.07, 6.45) is 4.80. The zero-order valence-corrected chi connectivity index (χ0v) is 14.0. The molecule has 1 N–H and O–H groups in total. The molecule has 122 valence electrons. The highest BCUT2D eigenvalue weighted by atomic mass is 16.5. The number of nitrogens with zero attached hydrogens (tertiary/aromatic N) is 1. The average molecular weight is 304 g/mol. The van der Waals surface area contributed by atoms with Gasteiger partial charge in [0.1, 0.15) is 0 Å². The van der Waals surface area contributed by atoms with E-state index in [0.717, 1.165) is 26.0 Å². The third kappa shape index (κ3) is 5.02. The lowest BCUT2D eigenvalue weighted by Gasteiger charge is -2.19. The normalized spacial score (nSPS) is 17.5. The monoisotopic (exact) mass is 304 g/mol. The van der Waals surface area contributed by atoms with Gasteiger partial charge < -0.3 is 15.0 Å². The molecule has 2 amide bonds. The fraction of sp³-hybridized carbons (Fsp3) is 0.611. The Balaban J connectivity index is 1.69. The molecule has 1 aromatic rings. The molecule has 0 aliphatic carbocycles. The number of aryl methyl sites for hydroxylation is 2. The molecule has 1 aliphatic heterocycles. The van der Waals surface area contributed by atoms with E-state index in [9.17, 15) is 4.79 Å². The molecule has 2 rings (SSSR count). The summed E-state index contributed by atoms with van der Waals surface area (Å²) in [6, 6.07) is 6.31. The minimum Gasteiger partial charge on any atom is -0.378 e. The molecular formula is C18H28N2O2. The zero-order chi connectivity index (χ0) is 15.9. The Hall–Kier alpha value is -1.55. The van der Waals surface area contributed by atoms with Crippen LogP contribution in [0.25, 0.3) is 0 Å². The Morgan fingerprint density at radius 3 is 2.91 bits per heavy atom. The van der Waals surface area contributed by atoms with E-state index in [0.29, 0.717) is 12.6 Å². The quantitative estimate of drug-likeness (QED) is 0.875. The van der Waals surface area contributed by atoms with Crippen LogP contribution in [0.3, 0.4) is 0 Å². The van der Waals surface area contributed by atoms with Gasteiger partial charge in [0, 0.05) is 26.7 Å². The maximum Gasteiger partial charge on any atom is 0.317 e. The number of hydrogen-bond donors (Lipinski definition) is 1. The van der Waals surface area contributed by atoms with Crippen molar-refractivity contribution in [3.05, 3.63) is 34.9 Å². The van der Waals surface area contributed by atoms with E-state index in [4.69, 9.17) is 4.74 Å². The molecule has 0 aromatic heterocycles. The van der Waals surface area contributed by atoms with Crippen LogP contribution in [0.1, 0.15) is 42.4 Å². The van der Waals surface area contributed by atoms with Gasteiger partial charge in [-0.05, 0) is 50.7 Å². The summed E-state index contributed by atoms with van der Waals surface area (Å²) in [5.74, 6) is 0. The molecule has 0 saturated carbocycles. The molecule has 0 bridgehead atoms. The Labute approximate surface area is 133 Å². The zero-order valence-electron chi connectivity index (χ0n) is 14.0. The molecule has 1 atom stereocenters. The molecule has 4 heteroatoms. The predicted molar refractivity (Wildman–Crippen MR) is 89.0 cm³/mol. The molecule has 1 fully saturated rings. The highest BCUT2D eigenvalue weighted by Crippen LogP contribution is 2.16. The first kappa shape index (κ1) is 16.8. The summed E-state index contributed by atoms with van der Waals surface area (Å²) in [5, 5.41) is 2.99. The van der Waals surface area contributed by atoms with Crippen LogP contribution in [0, 0.1) is 13.8 Å². The molecule has 0 spiro atoms. The van der Waals surface area contributed by atoms with Crippen molar-refractivity contribution in [1.82, 2.24) is 10.2 Å². The minimum atomic E-state index is -0.00712. The summed E-state index contributed by atoms with van der Waals surface area (Å²) in [6.45, 7) is 6.42. The standard InChI is InChI=1S/C18H28N2O2/c1-14-8-9-16(15(2)12-14)13-19-18(21)20(3)10-4-6-17-7-5-11-22-17/h8-9,12,17H,4-7,10-11,13H2,1-3H3,(H,19,21)/t17-/m0/s1. The smallest absolute Gasteiger partial charge is 0.317 e. The van der Waals surface area contributed by atoms with E-state index in [1.54, 1.807) is 4.90 Å². The van der Waals surface area contributed by atoms with Crippen LogP contribution in [0.5, 0.6) is 0 Å². The van der Waals surface area contributed by atoms with Gasteiger partial charge in [-0.25, -0.2) is 4.79 Å². The second-order valence-electron chi connectivity index (χ2n) is 6.29. The molecule has 1 aromatic carbocycles. The number of carbonyl (C=O) groups is 1. The van der Waals surface area contributed by atoms with Gasteiger partial charge in [0.05, 0.1) is 6.10 Å². The summed E-state index contributed by atoms with van der Waals surface area (Å²) in [5.41, 5.74) is 3.65. The van der Waals surface area contributed by atoms with Gasteiger partial charge in [0.2, 0.25) is 0 Å². The molecule has 22 heavy (non-hydrogen) atoms. The van der Waals surface area contributed by atoms with Gasteiger partial charge in [0.15, 0.2) is 0 Å². The van der Waals surface area contributed by atoms with Crippen LogP contribution in [0.4, 0.5) is 4.79 Å². The molecule has 4 nitrogen and oxygen atoms in total. The van der Waals surface area contributed by atoms with Gasteiger partial charge in [-0.2, -0.15) is 0 Å². The molecule has 0 unspecified atom stereocenters. The third-order valence-electron chi connectivity index (χ3n) is 4.32. The molecule has 1 aliphatic rings. The van der Waals surface area contributed by atoms with Gasteiger partial charge in [-0.3, -0.25) is 0 Å². The van der Waals surface area contributed by atoms with E-state index < -0.39 is 0 Å². The van der Waals surface area contributed by atoms with E-state index in [2.05, 4.69) is 37.4 Å². The number of nitrogens with one attached hydrogen (secondary N) is 1. The van der Waals surface area contributed by atoms with Crippen LogP contribution in [-0.2, 0) is 11.3 Å². The third-order valence-corrected chi connectivity index (χ3v) is 4.32. The van der Waals surface area contributed by atoms with Gasteiger partial charge in [-0.15, -0.1) is 0 Å². The lowest BCUT2D eigenvalue weighted by Crippen LogP contribution is -2.37. The summed E-state index contributed by atoms with van der Waals surface area (Å²) >= 11 is 0. The van der Waals surface area contributed by atoms with Crippen molar-refractivity contribution < 1.29 is 9.53 Å². The van der Waals surface area contributed by atoms with Crippen molar-refractivity contribution in [2.75, 3.05) is 20.2 Å². The van der Waals surface area contributed by atoms with Crippen LogP contribution >= 0.6 is 0 Å². The summed E-state index contributed by atoms with van der Waals surface area (Å²) < 4.78 is 5.60. The second-order valence-corrected chi connectivity index (χ2v) is 6.29. The maximum absolute atomic E-state index is 12.1. The van der Waals surface area contributed by atoms with Crippen molar-refractivity contribution in [2.45, 2.75) is 52.2 Å². The van der Waals surface area contributed by atoms with E-state index in [-0.39, 0.29) is 6.03 Å². The average Bonchev–Trinajstić information content (AvgIpc) is 2.99. The second kappa shape index (κ2) is 8.18. The molecule has 1 saturated heterocycles. The maximum atomic E-state index is 12.1. The van der Waals surface area contributed by atoms with Crippen LogP contribution in [0.15, 0.2) is 18.2 Å².